The first kappa shape index (κ1) is 9.34. The fourth-order valence-electron chi connectivity index (χ4n) is 6.08. The highest BCUT2D eigenvalue weighted by Crippen LogP contribution is 2.73. The molecule has 17 heavy (non-hydrogen) atoms. The number of ether oxygens (including phenoxy) is 2. The van der Waals surface area contributed by atoms with E-state index in [2.05, 4.69) is 5.10 Å². The van der Waals surface area contributed by atoms with Crippen LogP contribution in [0.1, 0.15) is 19.3 Å². The Labute approximate surface area is 101 Å². The van der Waals surface area contributed by atoms with Gasteiger partial charge in [-0.25, -0.2) is 0 Å². The van der Waals surface area contributed by atoms with Gasteiger partial charge >= 0.3 is 0 Å². The lowest BCUT2D eigenvalue weighted by atomic mass is 9.79. The van der Waals surface area contributed by atoms with Crippen molar-refractivity contribution in [2.75, 3.05) is 13.2 Å². The highest BCUT2D eigenvalue weighted by Gasteiger charge is 2.74. The van der Waals surface area contributed by atoms with Crippen molar-refractivity contribution in [2.24, 2.45) is 46.5 Å². The van der Waals surface area contributed by atoms with Crippen LogP contribution in [0.15, 0.2) is 5.10 Å². The lowest BCUT2D eigenvalue weighted by Crippen LogP contribution is -2.41. The zero-order valence-electron chi connectivity index (χ0n) is 9.84. The molecular formula is C13H18N2O2. The number of hydrazone groups is 1. The summed E-state index contributed by atoms with van der Waals surface area (Å²) in [6.07, 6.45) is 3.66. The van der Waals surface area contributed by atoms with Crippen molar-refractivity contribution in [3.05, 3.63) is 0 Å². The maximum Gasteiger partial charge on any atom is 0.172 e. The van der Waals surface area contributed by atoms with Gasteiger partial charge in [0.2, 0.25) is 0 Å². The van der Waals surface area contributed by atoms with E-state index >= 15 is 0 Å². The van der Waals surface area contributed by atoms with Gasteiger partial charge in [0.15, 0.2) is 5.79 Å². The molecule has 0 unspecified atom stereocenters. The highest BCUT2D eigenvalue weighted by molar-refractivity contribution is 5.91. The molecule has 0 aromatic heterocycles. The molecule has 4 heteroatoms. The van der Waals surface area contributed by atoms with Gasteiger partial charge in [0.05, 0.1) is 13.2 Å². The second-order valence-corrected chi connectivity index (χ2v) is 6.48. The number of nitrogens with zero attached hydrogens (tertiary/aromatic N) is 1. The first-order chi connectivity index (χ1) is 8.34. The molecule has 4 nitrogen and oxygen atoms in total. The van der Waals surface area contributed by atoms with Gasteiger partial charge in [0.1, 0.15) is 0 Å². The molecule has 4 aliphatic carbocycles. The lowest BCUT2D eigenvalue weighted by molar-refractivity contribution is -0.188. The Hall–Kier alpha value is -0.610. The Kier molecular flexibility index (Phi) is 1.48. The van der Waals surface area contributed by atoms with Gasteiger partial charge in [-0.2, -0.15) is 5.10 Å². The third kappa shape index (κ3) is 0.838. The molecule has 2 bridgehead atoms. The van der Waals surface area contributed by atoms with Crippen molar-refractivity contribution in [1.82, 2.24) is 0 Å². The molecule has 0 radical (unpaired) electrons. The van der Waals surface area contributed by atoms with Crippen LogP contribution in [0.3, 0.4) is 0 Å². The van der Waals surface area contributed by atoms with Crippen molar-refractivity contribution >= 4 is 5.71 Å². The van der Waals surface area contributed by atoms with Gasteiger partial charge in [-0.15, -0.1) is 0 Å². The summed E-state index contributed by atoms with van der Waals surface area (Å²) in [7, 11) is 0. The summed E-state index contributed by atoms with van der Waals surface area (Å²) in [4.78, 5) is 0. The monoisotopic (exact) mass is 234 g/mol. The smallest absolute Gasteiger partial charge is 0.172 e. The molecule has 1 spiro atoms. The van der Waals surface area contributed by atoms with Crippen LogP contribution < -0.4 is 5.84 Å². The standard InChI is InChI=1S/C13H18N2O2/c14-15-10-4-6-7-3-8-9(6)5-13(12(8)11(7)10)16-1-2-17-13/h6-9,11-12H,1-5,14H2/b15-10-/t6-,7-,8+,9+,11+,12+/m0/s1. The van der Waals surface area contributed by atoms with E-state index in [-0.39, 0.29) is 5.79 Å². The van der Waals surface area contributed by atoms with E-state index in [0.717, 1.165) is 49.7 Å². The van der Waals surface area contributed by atoms with E-state index in [1.165, 1.54) is 12.1 Å². The molecule has 0 aromatic carbocycles. The summed E-state index contributed by atoms with van der Waals surface area (Å²) in [5.74, 6) is 9.79. The molecule has 0 amide bonds. The fraction of sp³-hybridized carbons (Fsp3) is 0.923. The van der Waals surface area contributed by atoms with Crippen molar-refractivity contribution in [2.45, 2.75) is 25.0 Å². The van der Waals surface area contributed by atoms with Gasteiger partial charge in [-0.3, -0.25) is 0 Å². The molecule has 5 fully saturated rings. The van der Waals surface area contributed by atoms with E-state index in [4.69, 9.17) is 15.3 Å². The van der Waals surface area contributed by atoms with Gasteiger partial charge < -0.3 is 15.3 Å². The van der Waals surface area contributed by atoms with Crippen LogP contribution in [0, 0.1) is 35.5 Å². The molecule has 5 rings (SSSR count). The first-order valence-corrected chi connectivity index (χ1v) is 6.88. The molecule has 92 valence electrons. The van der Waals surface area contributed by atoms with Gasteiger partial charge in [0.25, 0.3) is 0 Å². The average Bonchev–Trinajstić information content (AvgIpc) is 3.03. The van der Waals surface area contributed by atoms with Crippen LogP contribution >= 0.6 is 0 Å². The summed E-state index contributed by atoms with van der Waals surface area (Å²) in [6, 6.07) is 0. The maximum absolute atomic E-state index is 6.04. The quantitative estimate of drug-likeness (QED) is 0.502. The third-order valence-electron chi connectivity index (χ3n) is 6.30. The zero-order chi connectivity index (χ0) is 11.2. The molecule has 0 aromatic rings. The topological polar surface area (TPSA) is 56.8 Å². The first-order valence-electron chi connectivity index (χ1n) is 6.88. The number of hydrogen-bond donors (Lipinski definition) is 1. The number of hydrogen-bond acceptors (Lipinski definition) is 4. The van der Waals surface area contributed by atoms with E-state index in [9.17, 15) is 0 Å². The van der Waals surface area contributed by atoms with Crippen LogP contribution in [-0.2, 0) is 9.47 Å². The van der Waals surface area contributed by atoms with E-state index in [0.29, 0.717) is 11.8 Å². The van der Waals surface area contributed by atoms with E-state index in [1.54, 1.807) is 0 Å². The average molecular weight is 234 g/mol. The Balaban J connectivity index is 1.66. The van der Waals surface area contributed by atoms with Crippen molar-refractivity contribution < 1.29 is 9.47 Å². The summed E-state index contributed by atoms with van der Waals surface area (Å²) >= 11 is 0. The molecule has 2 N–H and O–H groups in total. The fourth-order valence-corrected chi connectivity index (χ4v) is 6.08. The van der Waals surface area contributed by atoms with Crippen molar-refractivity contribution in [3.8, 4) is 0 Å². The second kappa shape index (κ2) is 2.69. The Bertz CT molecular complexity index is 416. The largest absolute Gasteiger partial charge is 0.347 e. The summed E-state index contributed by atoms with van der Waals surface area (Å²) < 4.78 is 12.1. The number of nitrogens with two attached hydrogens (primary N) is 1. The second-order valence-electron chi connectivity index (χ2n) is 6.48. The predicted molar refractivity (Wildman–Crippen MR) is 61.0 cm³/mol. The molecular weight excluding hydrogens is 216 g/mol. The summed E-state index contributed by atoms with van der Waals surface area (Å²) in [6.45, 7) is 1.54. The van der Waals surface area contributed by atoms with Gasteiger partial charge in [-0.1, -0.05) is 0 Å². The van der Waals surface area contributed by atoms with Gasteiger partial charge in [-0.05, 0) is 36.5 Å². The zero-order valence-corrected chi connectivity index (χ0v) is 9.84. The van der Waals surface area contributed by atoms with Crippen LogP contribution in [-0.4, -0.2) is 24.7 Å². The normalized spacial score (nSPS) is 58.9. The Morgan fingerprint density at radius 2 is 1.94 bits per heavy atom. The SMILES string of the molecule is N/N=C1/C[C@@H]2[C@H]3CC4(OCCO4)[C@@H]4[C@@H]3C[C@@H]2[C@H]14. The minimum absolute atomic E-state index is 0.250. The molecule has 1 saturated heterocycles. The van der Waals surface area contributed by atoms with Crippen LogP contribution in [0.25, 0.3) is 0 Å². The molecule has 5 aliphatic rings. The third-order valence-corrected chi connectivity index (χ3v) is 6.30. The molecule has 6 atom stereocenters. The number of fused-ring (bicyclic) bond motifs is 3. The molecule has 4 saturated carbocycles. The Morgan fingerprint density at radius 3 is 2.71 bits per heavy atom. The van der Waals surface area contributed by atoms with E-state index < -0.39 is 0 Å². The van der Waals surface area contributed by atoms with Crippen molar-refractivity contribution in [1.29, 1.82) is 0 Å². The van der Waals surface area contributed by atoms with Gasteiger partial charge in [0, 0.05) is 24.0 Å². The Morgan fingerprint density at radius 1 is 1.12 bits per heavy atom. The predicted octanol–water partition coefficient (Wildman–Crippen LogP) is 0.966. The summed E-state index contributed by atoms with van der Waals surface area (Å²) in [5, 5.41) is 4.09. The molecule has 1 heterocycles. The van der Waals surface area contributed by atoms with Crippen LogP contribution in [0.2, 0.25) is 0 Å². The van der Waals surface area contributed by atoms with Crippen LogP contribution in [0.5, 0.6) is 0 Å². The van der Waals surface area contributed by atoms with Crippen molar-refractivity contribution in [3.63, 3.8) is 0 Å². The minimum atomic E-state index is -0.250. The molecule has 1 aliphatic heterocycles. The van der Waals surface area contributed by atoms with Crippen LogP contribution in [0.4, 0.5) is 0 Å². The highest BCUT2D eigenvalue weighted by atomic mass is 16.7. The minimum Gasteiger partial charge on any atom is -0.347 e. The maximum atomic E-state index is 6.04. The summed E-state index contributed by atoms with van der Waals surface area (Å²) in [5.41, 5.74) is 1.26. The number of rotatable bonds is 0. The lowest BCUT2D eigenvalue weighted by Gasteiger charge is -2.33. The van der Waals surface area contributed by atoms with E-state index in [1.807, 2.05) is 0 Å².